The highest BCUT2D eigenvalue weighted by Crippen LogP contribution is 2.25. The van der Waals surface area contributed by atoms with Gasteiger partial charge in [0.2, 0.25) is 0 Å². The van der Waals surface area contributed by atoms with Crippen LogP contribution in [0.2, 0.25) is 0 Å². The van der Waals surface area contributed by atoms with Crippen molar-refractivity contribution in [1.82, 2.24) is 14.9 Å². The molecule has 2 heterocycles. The van der Waals surface area contributed by atoms with Crippen LogP contribution in [0.15, 0.2) is 25.9 Å². The molecule has 21 heavy (non-hydrogen) atoms. The normalized spacial score (nSPS) is 20.0. The molecule has 1 aliphatic heterocycles. The van der Waals surface area contributed by atoms with Gasteiger partial charge in [0.05, 0.1) is 17.4 Å². The maximum Gasteiger partial charge on any atom is 0.258 e. The molecule has 112 valence electrons. The number of piperidine rings is 1. The van der Waals surface area contributed by atoms with E-state index in [-0.39, 0.29) is 5.56 Å². The van der Waals surface area contributed by atoms with Crippen molar-refractivity contribution < 1.29 is 0 Å². The molecule has 1 N–H and O–H groups in total. The van der Waals surface area contributed by atoms with E-state index in [4.69, 9.17) is 0 Å². The quantitative estimate of drug-likeness (QED) is 0.815. The van der Waals surface area contributed by atoms with Crippen molar-refractivity contribution in [3.63, 3.8) is 0 Å². The van der Waals surface area contributed by atoms with Crippen molar-refractivity contribution in [2.45, 2.75) is 26.3 Å². The number of aromatic nitrogens is 2. The van der Waals surface area contributed by atoms with E-state index in [0.717, 1.165) is 33.4 Å². The maximum absolute atomic E-state index is 12.3. The molecular weight excluding hydrogens is 398 g/mol. The molecule has 0 unspecified atom stereocenters. The minimum atomic E-state index is -0.0814. The molecule has 0 spiro atoms. The number of hydrogen-bond acceptors (Lipinski definition) is 3. The van der Waals surface area contributed by atoms with E-state index in [0.29, 0.717) is 17.8 Å². The van der Waals surface area contributed by atoms with Gasteiger partial charge in [-0.1, -0.05) is 22.9 Å². The van der Waals surface area contributed by atoms with Crippen molar-refractivity contribution in [1.29, 1.82) is 0 Å². The van der Waals surface area contributed by atoms with Crippen LogP contribution < -0.4 is 5.56 Å². The highest BCUT2D eigenvalue weighted by Gasteiger charge is 2.18. The first-order chi connectivity index (χ1) is 10.0. The van der Waals surface area contributed by atoms with E-state index in [2.05, 4.69) is 53.7 Å². The van der Waals surface area contributed by atoms with Gasteiger partial charge in [-0.15, -0.1) is 0 Å². The molecule has 0 bridgehead atoms. The molecule has 1 aromatic heterocycles. The van der Waals surface area contributed by atoms with Gasteiger partial charge in [-0.25, -0.2) is 4.98 Å². The van der Waals surface area contributed by atoms with Crippen LogP contribution in [0.1, 0.15) is 25.6 Å². The van der Waals surface area contributed by atoms with Crippen molar-refractivity contribution in [2.24, 2.45) is 5.92 Å². The number of hydrogen-bond donors (Lipinski definition) is 1. The lowest BCUT2D eigenvalue weighted by molar-refractivity contribution is 0.173. The third-order valence-corrected chi connectivity index (χ3v) is 4.95. The summed E-state index contributed by atoms with van der Waals surface area (Å²) in [7, 11) is 0. The second-order valence-corrected chi connectivity index (χ2v) is 7.55. The number of aromatic amines is 1. The molecule has 1 aliphatic rings. The minimum absolute atomic E-state index is 0.0814. The van der Waals surface area contributed by atoms with Crippen molar-refractivity contribution in [3.8, 4) is 0 Å². The Kier molecular flexibility index (Phi) is 4.47. The molecule has 1 atom stereocenters. The number of nitrogens with one attached hydrogen (secondary N) is 1. The van der Waals surface area contributed by atoms with Crippen LogP contribution in [-0.4, -0.2) is 28.0 Å². The average molecular weight is 415 g/mol. The van der Waals surface area contributed by atoms with E-state index < -0.39 is 0 Å². The average Bonchev–Trinajstić information content (AvgIpc) is 2.40. The standard InChI is InChI=1S/C15H17Br2N3O/c1-9-3-2-4-20(7-9)8-13-18-14-11(15(21)19-13)5-10(16)6-12(14)17/h5-6,9H,2-4,7-8H2,1H3,(H,18,19,21)/t9-/m0/s1. The molecule has 1 saturated heterocycles. The van der Waals surface area contributed by atoms with Gasteiger partial charge >= 0.3 is 0 Å². The third kappa shape index (κ3) is 3.38. The summed E-state index contributed by atoms with van der Waals surface area (Å²) in [6.45, 7) is 5.13. The van der Waals surface area contributed by atoms with Crippen LogP contribution in [0.25, 0.3) is 10.9 Å². The number of fused-ring (bicyclic) bond motifs is 1. The predicted octanol–water partition coefficient (Wildman–Crippen LogP) is 3.68. The van der Waals surface area contributed by atoms with Crippen LogP contribution in [0, 0.1) is 5.92 Å². The summed E-state index contributed by atoms with van der Waals surface area (Å²) in [6, 6.07) is 3.72. The maximum atomic E-state index is 12.3. The highest BCUT2D eigenvalue weighted by molar-refractivity contribution is 9.11. The van der Waals surface area contributed by atoms with Crippen LogP contribution in [0.3, 0.4) is 0 Å². The fourth-order valence-corrected chi connectivity index (χ4v) is 4.24. The Morgan fingerprint density at radius 3 is 3.00 bits per heavy atom. The zero-order valence-electron chi connectivity index (χ0n) is 11.8. The number of H-pyrrole nitrogens is 1. The van der Waals surface area contributed by atoms with Crippen LogP contribution >= 0.6 is 31.9 Å². The molecule has 6 heteroatoms. The van der Waals surface area contributed by atoms with Crippen LogP contribution in [0.4, 0.5) is 0 Å². The number of rotatable bonds is 2. The van der Waals surface area contributed by atoms with E-state index in [9.17, 15) is 4.79 Å². The fraction of sp³-hybridized carbons (Fsp3) is 0.467. The number of likely N-dealkylation sites (tertiary alicyclic amines) is 1. The molecule has 1 aromatic carbocycles. The van der Waals surface area contributed by atoms with Crippen molar-refractivity contribution in [2.75, 3.05) is 13.1 Å². The third-order valence-electron chi connectivity index (χ3n) is 3.89. The van der Waals surface area contributed by atoms with E-state index in [1.807, 2.05) is 6.07 Å². The first-order valence-electron chi connectivity index (χ1n) is 7.13. The Morgan fingerprint density at radius 2 is 2.24 bits per heavy atom. The van der Waals surface area contributed by atoms with Gasteiger partial charge in [0.15, 0.2) is 0 Å². The lowest BCUT2D eigenvalue weighted by Gasteiger charge is -2.30. The number of halogens is 2. The van der Waals surface area contributed by atoms with Gasteiger partial charge in [0, 0.05) is 15.5 Å². The second-order valence-electron chi connectivity index (χ2n) is 5.78. The highest BCUT2D eigenvalue weighted by atomic mass is 79.9. The molecule has 0 aliphatic carbocycles. The molecule has 4 nitrogen and oxygen atoms in total. The van der Waals surface area contributed by atoms with Crippen molar-refractivity contribution in [3.05, 3.63) is 37.3 Å². The predicted molar refractivity (Wildman–Crippen MR) is 91.4 cm³/mol. The summed E-state index contributed by atoms with van der Waals surface area (Å²) in [5.41, 5.74) is 0.643. The summed E-state index contributed by atoms with van der Waals surface area (Å²) in [5, 5.41) is 0.604. The van der Waals surface area contributed by atoms with Gasteiger partial charge < -0.3 is 4.98 Å². The Bertz CT molecular complexity index is 729. The molecule has 0 radical (unpaired) electrons. The molecule has 0 saturated carbocycles. The minimum Gasteiger partial charge on any atom is -0.309 e. The number of benzene rings is 1. The summed E-state index contributed by atoms with van der Waals surface area (Å²) in [4.78, 5) is 22.2. The number of nitrogens with zero attached hydrogens (tertiary/aromatic N) is 2. The Labute approximate surface area is 140 Å². The topological polar surface area (TPSA) is 49.0 Å². The van der Waals surface area contributed by atoms with Crippen LogP contribution in [-0.2, 0) is 6.54 Å². The summed E-state index contributed by atoms with van der Waals surface area (Å²) >= 11 is 6.90. The Balaban J connectivity index is 1.95. The Morgan fingerprint density at radius 1 is 1.43 bits per heavy atom. The Hall–Kier alpha value is -0.720. The van der Waals surface area contributed by atoms with E-state index in [1.165, 1.54) is 12.8 Å². The summed E-state index contributed by atoms with van der Waals surface area (Å²) < 4.78 is 1.71. The molecule has 0 amide bonds. The first kappa shape index (κ1) is 15.2. The lowest BCUT2D eigenvalue weighted by atomic mass is 10.0. The zero-order valence-corrected chi connectivity index (χ0v) is 15.0. The van der Waals surface area contributed by atoms with Crippen LogP contribution in [0.5, 0.6) is 0 Å². The molecule has 2 aromatic rings. The SMILES string of the molecule is C[C@H]1CCCN(Cc2nc3c(Br)cc(Br)cc3c(=O)[nH]2)C1. The van der Waals surface area contributed by atoms with E-state index in [1.54, 1.807) is 6.07 Å². The van der Waals surface area contributed by atoms with Crippen molar-refractivity contribution >= 4 is 42.8 Å². The van der Waals surface area contributed by atoms with Gasteiger partial charge in [-0.3, -0.25) is 9.69 Å². The fourth-order valence-electron chi connectivity index (χ4n) is 2.93. The molecule has 3 rings (SSSR count). The zero-order chi connectivity index (χ0) is 15.0. The lowest BCUT2D eigenvalue weighted by Crippen LogP contribution is -2.34. The van der Waals surface area contributed by atoms with Gasteiger partial charge in [-0.2, -0.15) is 0 Å². The largest absolute Gasteiger partial charge is 0.309 e. The molecule has 1 fully saturated rings. The van der Waals surface area contributed by atoms with Gasteiger partial charge in [0.25, 0.3) is 5.56 Å². The smallest absolute Gasteiger partial charge is 0.258 e. The summed E-state index contributed by atoms with van der Waals surface area (Å²) in [5.74, 6) is 1.46. The second kappa shape index (κ2) is 6.18. The van der Waals surface area contributed by atoms with E-state index >= 15 is 0 Å². The summed E-state index contributed by atoms with van der Waals surface area (Å²) in [6.07, 6.45) is 2.51. The monoisotopic (exact) mass is 413 g/mol. The van der Waals surface area contributed by atoms with Gasteiger partial charge in [0.1, 0.15) is 5.82 Å². The molecular formula is C15H17Br2N3O. The van der Waals surface area contributed by atoms with Gasteiger partial charge in [-0.05, 0) is 53.4 Å². The first-order valence-corrected chi connectivity index (χ1v) is 8.72.